The molecular formula is C10H21ClN2O2. The minimum absolute atomic E-state index is 0. The molecule has 0 aromatic carbocycles. The molecule has 0 spiro atoms. The number of likely N-dealkylation sites (N-methyl/N-ethyl adjacent to an activating group) is 1. The highest BCUT2D eigenvalue weighted by atomic mass is 35.5. The molecule has 1 amide bonds. The molecule has 0 aliphatic heterocycles. The second kappa shape index (κ2) is 9.80. The number of halogens is 1. The van der Waals surface area contributed by atoms with E-state index in [0.717, 1.165) is 6.54 Å². The van der Waals surface area contributed by atoms with Crippen molar-refractivity contribution < 1.29 is 9.53 Å². The number of nitrogens with zero attached hydrogens (tertiary/aromatic N) is 1. The molecule has 0 atom stereocenters. The summed E-state index contributed by atoms with van der Waals surface area (Å²) in [7, 11) is 1.85. The molecule has 0 unspecified atom stereocenters. The lowest BCUT2D eigenvalue weighted by molar-refractivity contribution is 0.101. The largest absolute Gasteiger partial charge is 0.445 e. The van der Waals surface area contributed by atoms with E-state index in [9.17, 15) is 4.79 Å². The molecule has 0 fully saturated rings. The van der Waals surface area contributed by atoms with Crippen LogP contribution in [0.1, 0.15) is 13.8 Å². The maximum Gasteiger partial charge on any atom is 0.410 e. The smallest absolute Gasteiger partial charge is 0.410 e. The van der Waals surface area contributed by atoms with Crippen molar-refractivity contribution in [2.45, 2.75) is 19.9 Å². The van der Waals surface area contributed by atoms with Gasteiger partial charge in [0.25, 0.3) is 0 Å². The Balaban J connectivity index is 0. The fraction of sp³-hybridized carbons (Fsp3) is 0.700. The number of hydrogen-bond acceptors (Lipinski definition) is 3. The zero-order valence-electron chi connectivity index (χ0n) is 9.66. The van der Waals surface area contributed by atoms with E-state index >= 15 is 0 Å². The maximum absolute atomic E-state index is 11.5. The molecule has 0 aliphatic carbocycles. The van der Waals surface area contributed by atoms with Gasteiger partial charge in [-0.1, -0.05) is 12.7 Å². The van der Waals surface area contributed by atoms with Gasteiger partial charge in [0.1, 0.15) is 6.61 Å². The van der Waals surface area contributed by atoms with E-state index in [1.165, 1.54) is 0 Å². The van der Waals surface area contributed by atoms with Crippen LogP contribution in [0.2, 0.25) is 0 Å². The quantitative estimate of drug-likeness (QED) is 0.714. The fourth-order valence-electron chi connectivity index (χ4n) is 1.01. The zero-order valence-corrected chi connectivity index (χ0v) is 10.5. The van der Waals surface area contributed by atoms with E-state index in [1.807, 2.05) is 20.9 Å². The highest BCUT2D eigenvalue weighted by Crippen LogP contribution is 2.00. The summed E-state index contributed by atoms with van der Waals surface area (Å²) in [6, 6.07) is 0.153. The third-order valence-corrected chi connectivity index (χ3v) is 1.79. The zero-order chi connectivity index (χ0) is 11.0. The molecule has 15 heavy (non-hydrogen) atoms. The molecule has 4 nitrogen and oxygen atoms in total. The van der Waals surface area contributed by atoms with Crippen molar-refractivity contribution >= 4 is 18.5 Å². The van der Waals surface area contributed by atoms with Crippen molar-refractivity contribution in [1.82, 2.24) is 10.2 Å². The standard InChI is InChI=1S/C10H20N2O2.ClH/c1-5-8-14-10(13)12(9(2)3)7-6-11-4;/h5,9,11H,1,6-8H2,2-4H3;1H. The van der Waals surface area contributed by atoms with Crippen molar-refractivity contribution in [2.24, 2.45) is 0 Å². The lowest BCUT2D eigenvalue weighted by Crippen LogP contribution is -2.41. The first-order chi connectivity index (χ1) is 6.63. The third kappa shape index (κ3) is 7.22. The van der Waals surface area contributed by atoms with Gasteiger partial charge in [-0.3, -0.25) is 0 Å². The maximum atomic E-state index is 11.5. The van der Waals surface area contributed by atoms with Crippen LogP contribution in [-0.4, -0.2) is 43.8 Å². The van der Waals surface area contributed by atoms with Gasteiger partial charge in [0.05, 0.1) is 0 Å². The van der Waals surface area contributed by atoms with E-state index in [4.69, 9.17) is 4.74 Å². The molecule has 0 aliphatic rings. The van der Waals surface area contributed by atoms with E-state index in [1.54, 1.807) is 11.0 Å². The van der Waals surface area contributed by atoms with Crippen molar-refractivity contribution in [3.63, 3.8) is 0 Å². The van der Waals surface area contributed by atoms with Gasteiger partial charge in [0, 0.05) is 19.1 Å². The third-order valence-electron chi connectivity index (χ3n) is 1.79. The predicted molar refractivity (Wildman–Crippen MR) is 64.6 cm³/mol. The highest BCUT2D eigenvalue weighted by Gasteiger charge is 2.16. The number of carbonyl (C=O) groups excluding carboxylic acids is 1. The minimum atomic E-state index is -0.282. The Kier molecular flexibility index (Phi) is 10.9. The minimum Gasteiger partial charge on any atom is -0.445 e. The normalized spacial score (nSPS) is 9.33. The van der Waals surface area contributed by atoms with Crippen molar-refractivity contribution in [1.29, 1.82) is 0 Å². The van der Waals surface area contributed by atoms with Crippen LogP contribution in [0.4, 0.5) is 4.79 Å². The van der Waals surface area contributed by atoms with Gasteiger partial charge in [-0.05, 0) is 20.9 Å². The Bertz CT molecular complexity index is 186. The van der Waals surface area contributed by atoms with Crippen LogP contribution in [0, 0.1) is 0 Å². The molecule has 0 saturated carbocycles. The first kappa shape index (κ1) is 16.7. The van der Waals surface area contributed by atoms with Crippen LogP contribution in [0.5, 0.6) is 0 Å². The average Bonchev–Trinajstić information content (AvgIpc) is 2.14. The molecule has 0 heterocycles. The second-order valence-corrected chi connectivity index (χ2v) is 3.26. The summed E-state index contributed by atoms with van der Waals surface area (Å²) in [6.07, 6.45) is 1.28. The van der Waals surface area contributed by atoms with Crippen molar-refractivity contribution in [2.75, 3.05) is 26.7 Å². The Labute approximate surface area is 98.1 Å². The number of carbonyl (C=O) groups is 1. The summed E-state index contributed by atoms with van der Waals surface area (Å²) in [4.78, 5) is 13.2. The lowest BCUT2D eigenvalue weighted by Gasteiger charge is -2.25. The number of ether oxygens (including phenoxy) is 1. The summed E-state index contributed by atoms with van der Waals surface area (Å²) in [5, 5.41) is 2.99. The molecule has 0 rings (SSSR count). The molecule has 90 valence electrons. The number of hydrogen-bond donors (Lipinski definition) is 1. The molecule has 0 saturated heterocycles. The summed E-state index contributed by atoms with van der Waals surface area (Å²) < 4.78 is 4.95. The Morgan fingerprint density at radius 1 is 1.60 bits per heavy atom. The number of nitrogens with one attached hydrogen (secondary N) is 1. The van der Waals surface area contributed by atoms with Crippen LogP contribution in [0.3, 0.4) is 0 Å². The van der Waals surface area contributed by atoms with Gasteiger partial charge < -0.3 is 15.0 Å². The average molecular weight is 237 g/mol. The Hall–Kier alpha value is -0.740. The van der Waals surface area contributed by atoms with Gasteiger partial charge in [-0.2, -0.15) is 0 Å². The second-order valence-electron chi connectivity index (χ2n) is 3.26. The van der Waals surface area contributed by atoms with Crippen LogP contribution in [0.15, 0.2) is 12.7 Å². The monoisotopic (exact) mass is 236 g/mol. The summed E-state index contributed by atoms with van der Waals surface area (Å²) >= 11 is 0. The highest BCUT2D eigenvalue weighted by molar-refractivity contribution is 5.85. The molecule has 1 N–H and O–H groups in total. The Morgan fingerprint density at radius 2 is 2.20 bits per heavy atom. The summed E-state index contributed by atoms with van der Waals surface area (Å²) in [5.74, 6) is 0. The van der Waals surface area contributed by atoms with E-state index < -0.39 is 0 Å². The molecule has 0 aromatic heterocycles. The van der Waals surface area contributed by atoms with E-state index in [0.29, 0.717) is 6.54 Å². The van der Waals surface area contributed by atoms with Crippen LogP contribution in [-0.2, 0) is 4.74 Å². The van der Waals surface area contributed by atoms with Gasteiger partial charge >= 0.3 is 6.09 Å². The number of amides is 1. The van der Waals surface area contributed by atoms with Gasteiger partial charge in [0.15, 0.2) is 0 Å². The fourth-order valence-corrected chi connectivity index (χ4v) is 1.01. The summed E-state index contributed by atoms with van der Waals surface area (Å²) in [6.45, 7) is 9.10. The van der Waals surface area contributed by atoms with Gasteiger partial charge in [0.2, 0.25) is 0 Å². The van der Waals surface area contributed by atoms with Gasteiger partial charge in [-0.25, -0.2) is 4.79 Å². The topological polar surface area (TPSA) is 41.6 Å². The lowest BCUT2D eigenvalue weighted by atomic mass is 10.3. The van der Waals surface area contributed by atoms with Gasteiger partial charge in [-0.15, -0.1) is 12.4 Å². The molecule has 5 heteroatoms. The van der Waals surface area contributed by atoms with Crippen LogP contribution >= 0.6 is 12.4 Å². The SMILES string of the molecule is C=CCOC(=O)N(CCNC)C(C)C.Cl. The first-order valence-electron chi connectivity index (χ1n) is 4.82. The van der Waals surface area contributed by atoms with Crippen LogP contribution in [0.25, 0.3) is 0 Å². The predicted octanol–water partition coefficient (Wildman–Crippen LogP) is 1.66. The number of rotatable bonds is 6. The van der Waals surface area contributed by atoms with Crippen molar-refractivity contribution in [3.8, 4) is 0 Å². The van der Waals surface area contributed by atoms with Crippen molar-refractivity contribution in [3.05, 3.63) is 12.7 Å². The summed E-state index contributed by atoms with van der Waals surface area (Å²) in [5.41, 5.74) is 0. The molecule has 0 aromatic rings. The first-order valence-corrected chi connectivity index (χ1v) is 4.82. The molecule has 0 bridgehead atoms. The molecule has 0 radical (unpaired) electrons. The van der Waals surface area contributed by atoms with E-state index in [-0.39, 0.29) is 31.1 Å². The Morgan fingerprint density at radius 3 is 2.60 bits per heavy atom. The molecular weight excluding hydrogens is 216 g/mol. The van der Waals surface area contributed by atoms with E-state index in [2.05, 4.69) is 11.9 Å². The van der Waals surface area contributed by atoms with Crippen LogP contribution < -0.4 is 5.32 Å².